The molecule has 3 aliphatic heterocycles. The molecular weight excluding hydrogens is 434 g/mol. The number of rotatable bonds is 5. The van der Waals surface area contributed by atoms with E-state index in [0.717, 1.165) is 31.2 Å². The van der Waals surface area contributed by atoms with Crippen LogP contribution < -0.4 is 14.8 Å². The molecule has 5 aliphatic rings. The molecule has 1 N–H and O–H groups in total. The Bertz CT molecular complexity index is 1060. The highest BCUT2D eigenvalue weighted by atomic mass is 16.7. The van der Waals surface area contributed by atoms with Crippen LogP contribution >= 0.6 is 0 Å². The van der Waals surface area contributed by atoms with Gasteiger partial charge in [0.05, 0.1) is 6.54 Å². The fraction of sp³-hybridized carbons (Fsp3) is 0.577. The number of likely N-dealkylation sites (tertiary alicyclic amines) is 1. The number of nitrogens with one attached hydrogen (secondary N) is 1. The van der Waals surface area contributed by atoms with Gasteiger partial charge in [-0.3, -0.25) is 14.5 Å². The first kappa shape index (κ1) is 21.5. The average molecular weight is 466 g/mol. The number of hydrogen-bond acceptors (Lipinski definition) is 5. The standard InChI is InChI=1S/C26H31N3O5/c1-2-26(19-7-9-28(10-8-19)23(30)20-12-16-3-5-18(20)11-16)24(31)29(25(32)27-26)14-17-4-6-21-22(13-17)34-15-33-21/h3-6,13,16,18-20H,2,7-12,14-15H2,1H3,(H,27,32)/t16-,18+,20+,26?/m0/s1. The third-order valence-electron chi connectivity index (χ3n) is 8.64. The van der Waals surface area contributed by atoms with E-state index in [1.807, 2.05) is 30.0 Å². The van der Waals surface area contributed by atoms with Crippen LogP contribution in [0.2, 0.25) is 0 Å². The molecule has 1 saturated carbocycles. The van der Waals surface area contributed by atoms with E-state index in [1.165, 1.54) is 4.90 Å². The largest absolute Gasteiger partial charge is 0.454 e. The fourth-order valence-electron chi connectivity index (χ4n) is 6.71. The van der Waals surface area contributed by atoms with E-state index in [1.54, 1.807) is 0 Å². The molecule has 1 aromatic carbocycles. The highest BCUT2D eigenvalue weighted by Crippen LogP contribution is 2.45. The molecule has 180 valence electrons. The summed E-state index contributed by atoms with van der Waals surface area (Å²) in [6.45, 7) is 3.63. The van der Waals surface area contributed by atoms with Gasteiger partial charge in [-0.25, -0.2) is 4.79 Å². The number of carbonyl (C=O) groups is 3. The maximum atomic E-state index is 13.6. The zero-order valence-corrected chi connectivity index (χ0v) is 19.5. The minimum atomic E-state index is -0.905. The third kappa shape index (κ3) is 3.29. The first-order valence-electron chi connectivity index (χ1n) is 12.5. The molecular formula is C26H31N3O5. The van der Waals surface area contributed by atoms with E-state index in [4.69, 9.17) is 9.47 Å². The van der Waals surface area contributed by atoms with Crippen molar-refractivity contribution in [3.05, 3.63) is 35.9 Å². The van der Waals surface area contributed by atoms with Crippen molar-refractivity contribution >= 4 is 17.8 Å². The second-order valence-electron chi connectivity index (χ2n) is 10.3. The lowest BCUT2D eigenvalue weighted by molar-refractivity contribution is -0.139. The van der Waals surface area contributed by atoms with Gasteiger partial charge < -0.3 is 19.7 Å². The molecule has 0 radical (unpaired) electrons. The third-order valence-corrected chi connectivity index (χ3v) is 8.64. The summed E-state index contributed by atoms with van der Waals surface area (Å²) in [5, 5.41) is 3.05. The van der Waals surface area contributed by atoms with E-state index < -0.39 is 5.54 Å². The van der Waals surface area contributed by atoms with Gasteiger partial charge in [-0.2, -0.15) is 0 Å². The zero-order chi connectivity index (χ0) is 23.4. The second kappa shape index (κ2) is 8.03. The predicted octanol–water partition coefficient (Wildman–Crippen LogP) is 3.07. The molecule has 6 rings (SSSR count). The monoisotopic (exact) mass is 465 g/mol. The maximum absolute atomic E-state index is 13.6. The molecule has 1 unspecified atom stereocenters. The number of urea groups is 1. The van der Waals surface area contributed by atoms with Gasteiger partial charge in [-0.05, 0) is 67.6 Å². The Morgan fingerprint density at radius 1 is 1.12 bits per heavy atom. The maximum Gasteiger partial charge on any atom is 0.325 e. The average Bonchev–Trinajstić information content (AvgIpc) is 3.65. The summed E-state index contributed by atoms with van der Waals surface area (Å²) in [6, 6.07) is 5.14. The Morgan fingerprint density at radius 2 is 1.91 bits per heavy atom. The number of hydrogen-bond donors (Lipinski definition) is 1. The number of benzene rings is 1. The Morgan fingerprint density at radius 3 is 2.62 bits per heavy atom. The van der Waals surface area contributed by atoms with Gasteiger partial charge in [0.1, 0.15) is 5.54 Å². The molecule has 34 heavy (non-hydrogen) atoms. The summed E-state index contributed by atoms with van der Waals surface area (Å²) in [6.07, 6.45) is 8.55. The molecule has 2 saturated heterocycles. The molecule has 8 nitrogen and oxygen atoms in total. The van der Waals surface area contributed by atoms with E-state index in [-0.39, 0.29) is 43.0 Å². The lowest BCUT2D eigenvalue weighted by Crippen LogP contribution is -2.56. The SMILES string of the molecule is CCC1(C2CCN(C(=O)[C@@H]3C[C@H]4C=C[C@@H]3C4)CC2)NC(=O)N(Cc2ccc3c(c2)OCO3)C1=O. The van der Waals surface area contributed by atoms with Gasteiger partial charge in [0.15, 0.2) is 11.5 Å². The molecule has 1 aromatic rings. The first-order valence-corrected chi connectivity index (χ1v) is 12.5. The van der Waals surface area contributed by atoms with Crippen molar-refractivity contribution in [1.29, 1.82) is 0 Å². The van der Waals surface area contributed by atoms with E-state index in [0.29, 0.717) is 42.8 Å². The Balaban J connectivity index is 1.13. The fourth-order valence-corrected chi connectivity index (χ4v) is 6.71. The summed E-state index contributed by atoms with van der Waals surface area (Å²) >= 11 is 0. The van der Waals surface area contributed by atoms with Crippen LogP contribution in [-0.2, 0) is 16.1 Å². The van der Waals surface area contributed by atoms with Crippen molar-refractivity contribution in [2.45, 2.75) is 51.1 Å². The van der Waals surface area contributed by atoms with Crippen LogP contribution in [0.3, 0.4) is 0 Å². The quantitative estimate of drug-likeness (QED) is 0.533. The van der Waals surface area contributed by atoms with Crippen LogP contribution in [0.4, 0.5) is 4.79 Å². The van der Waals surface area contributed by atoms with Gasteiger partial charge in [0.2, 0.25) is 12.7 Å². The number of amides is 4. The van der Waals surface area contributed by atoms with Crippen LogP contribution in [-0.4, -0.2) is 53.1 Å². The molecule has 0 aromatic heterocycles. The van der Waals surface area contributed by atoms with Crippen molar-refractivity contribution in [1.82, 2.24) is 15.1 Å². The minimum Gasteiger partial charge on any atom is -0.454 e. The van der Waals surface area contributed by atoms with Crippen LogP contribution in [0, 0.1) is 23.7 Å². The number of fused-ring (bicyclic) bond motifs is 3. The van der Waals surface area contributed by atoms with Crippen LogP contribution in [0.25, 0.3) is 0 Å². The van der Waals surface area contributed by atoms with E-state index in [9.17, 15) is 14.4 Å². The summed E-state index contributed by atoms with van der Waals surface area (Å²) in [5.74, 6) is 2.52. The molecule has 3 heterocycles. The Labute approximate surface area is 199 Å². The van der Waals surface area contributed by atoms with Gasteiger partial charge in [-0.15, -0.1) is 0 Å². The van der Waals surface area contributed by atoms with Crippen molar-refractivity contribution in [3.63, 3.8) is 0 Å². The Kier molecular flexibility index (Phi) is 5.08. The number of piperidine rings is 1. The number of ether oxygens (including phenoxy) is 2. The molecule has 0 spiro atoms. The zero-order valence-electron chi connectivity index (χ0n) is 19.5. The summed E-state index contributed by atoms with van der Waals surface area (Å²) in [5.41, 5.74) is -0.0856. The lowest BCUT2D eigenvalue weighted by Gasteiger charge is -2.41. The van der Waals surface area contributed by atoms with Gasteiger partial charge >= 0.3 is 6.03 Å². The molecule has 2 aliphatic carbocycles. The smallest absolute Gasteiger partial charge is 0.325 e. The molecule has 4 amide bonds. The van der Waals surface area contributed by atoms with Gasteiger partial charge in [0, 0.05) is 19.0 Å². The van der Waals surface area contributed by atoms with Gasteiger partial charge in [0.25, 0.3) is 5.91 Å². The summed E-state index contributed by atoms with van der Waals surface area (Å²) < 4.78 is 10.8. The first-order chi connectivity index (χ1) is 16.5. The van der Waals surface area contributed by atoms with Crippen molar-refractivity contribution in [3.8, 4) is 11.5 Å². The van der Waals surface area contributed by atoms with Crippen LogP contribution in [0.5, 0.6) is 11.5 Å². The molecule has 2 bridgehead atoms. The normalized spacial score (nSPS) is 32.1. The predicted molar refractivity (Wildman–Crippen MR) is 123 cm³/mol. The summed E-state index contributed by atoms with van der Waals surface area (Å²) in [7, 11) is 0. The molecule has 4 atom stereocenters. The lowest BCUT2D eigenvalue weighted by atomic mass is 9.75. The highest BCUT2D eigenvalue weighted by Gasteiger charge is 2.55. The molecule has 3 fully saturated rings. The molecule has 8 heteroatoms. The number of allylic oxidation sites excluding steroid dienone is 2. The summed E-state index contributed by atoms with van der Waals surface area (Å²) in [4.78, 5) is 43.0. The Hall–Kier alpha value is -3.03. The van der Waals surface area contributed by atoms with Crippen molar-refractivity contribution < 1.29 is 23.9 Å². The number of imide groups is 1. The van der Waals surface area contributed by atoms with Crippen molar-refractivity contribution in [2.75, 3.05) is 19.9 Å². The highest BCUT2D eigenvalue weighted by molar-refractivity contribution is 6.07. The van der Waals surface area contributed by atoms with Crippen LogP contribution in [0.15, 0.2) is 30.4 Å². The minimum absolute atomic E-state index is 0.0136. The van der Waals surface area contributed by atoms with E-state index in [2.05, 4.69) is 17.5 Å². The topological polar surface area (TPSA) is 88.2 Å². The second-order valence-corrected chi connectivity index (χ2v) is 10.3. The van der Waals surface area contributed by atoms with Crippen LogP contribution in [0.1, 0.15) is 44.6 Å². The van der Waals surface area contributed by atoms with Gasteiger partial charge in [-0.1, -0.05) is 25.1 Å². The van der Waals surface area contributed by atoms with Crippen molar-refractivity contribution in [2.24, 2.45) is 23.7 Å². The van der Waals surface area contributed by atoms with E-state index >= 15 is 0 Å². The number of nitrogens with zero attached hydrogens (tertiary/aromatic N) is 2. The number of carbonyl (C=O) groups excluding carboxylic acids is 3.